The van der Waals surface area contributed by atoms with Gasteiger partial charge in [-0.25, -0.2) is 8.42 Å². The van der Waals surface area contributed by atoms with Crippen LogP contribution in [0.3, 0.4) is 0 Å². The van der Waals surface area contributed by atoms with Crippen molar-refractivity contribution >= 4 is 21.6 Å². The van der Waals surface area contributed by atoms with E-state index in [1.54, 1.807) is 24.3 Å². The number of rotatable bonds is 4. The van der Waals surface area contributed by atoms with Crippen LogP contribution in [0.15, 0.2) is 45.9 Å². The van der Waals surface area contributed by atoms with Gasteiger partial charge in [0.15, 0.2) is 0 Å². The van der Waals surface area contributed by atoms with Gasteiger partial charge in [0, 0.05) is 7.05 Å². The van der Waals surface area contributed by atoms with Gasteiger partial charge in [0.25, 0.3) is 0 Å². The average molecular weight is 300 g/mol. The molecule has 0 aliphatic carbocycles. The average Bonchev–Trinajstić information content (AvgIpc) is 2.81. The number of halogens is 1. The van der Waals surface area contributed by atoms with Crippen molar-refractivity contribution in [1.29, 1.82) is 0 Å². The maximum atomic E-state index is 12.4. The molecule has 1 aromatic carbocycles. The van der Waals surface area contributed by atoms with E-state index < -0.39 is 10.0 Å². The minimum Gasteiger partial charge on any atom is -0.468 e. The summed E-state index contributed by atoms with van der Waals surface area (Å²) in [6.45, 7) is 2.02. The van der Waals surface area contributed by atoms with E-state index >= 15 is 0 Å². The highest BCUT2D eigenvalue weighted by molar-refractivity contribution is 7.89. The van der Waals surface area contributed by atoms with Gasteiger partial charge in [0.05, 0.1) is 17.8 Å². The quantitative estimate of drug-likeness (QED) is 0.872. The van der Waals surface area contributed by atoms with Crippen LogP contribution in [-0.2, 0) is 16.6 Å². The first-order valence-electron chi connectivity index (χ1n) is 5.66. The lowest BCUT2D eigenvalue weighted by Gasteiger charge is -2.17. The molecule has 0 saturated carbocycles. The number of aryl methyl sites for hydroxylation is 1. The summed E-state index contributed by atoms with van der Waals surface area (Å²) in [4.78, 5) is 0.105. The second kappa shape index (κ2) is 5.36. The third kappa shape index (κ3) is 3.00. The van der Waals surface area contributed by atoms with Crippen molar-refractivity contribution in [3.8, 4) is 0 Å². The Kier molecular flexibility index (Phi) is 3.99. The predicted molar refractivity (Wildman–Crippen MR) is 73.5 cm³/mol. The molecule has 0 spiro atoms. The number of furan rings is 1. The molecule has 1 aromatic heterocycles. The van der Waals surface area contributed by atoms with Crippen LogP contribution < -0.4 is 0 Å². The van der Waals surface area contributed by atoms with E-state index in [4.69, 9.17) is 16.0 Å². The molecule has 0 bridgehead atoms. The highest BCUT2D eigenvalue weighted by Gasteiger charge is 2.24. The Morgan fingerprint density at radius 2 is 2.05 bits per heavy atom. The number of benzene rings is 1. The molecule has 1 heterocycles. The molecule has 0 unspecified atom stereocenters. The number of hydrogen-bond donors (Lipinski definition) is 0. The lowest BCUT2D eigenvalue weighted by molar-refractivity contribution is 0.406. The molecule has 0 aliphatic heterocycles. The molecule has 0 radical (unpaired) electrons. The van der Waals surface area contributed by atoms with E-state index in [0.717, 1.165) is 5.56 Å². The molecular weight excluding hydrogens is 286 g/mol. The highest BCUT2D eigenvalue weighted by Crippen LogP contribution is 2.25. The molecule has 0 saturated heterocycles. The Morgan fingerprint density at radius 1 is 1.32 bits per heavy atom. The second-order valence-electron chi connectivity index (χ2n) is 4.27. The Bertz CT molecular complexity index is 665. The predicted octanol–water partition coefficient (Wildman–Crippen LogP) is 3.06. The fourth-order valence-corrected chi connectivity index (χ4v) is 3.40. The number of hydrogen-bond acceptors (Lipinski definition) is 3. The molecule has 0 N–H and O–H groups in total. The zero-order valence-corrected chi connectivity index (χ0v) is 12.2. The van der Waals surface area contributed by atoms with E-state index in [9.17, 15) is 8.42 Å². The SMILES string of the molecule is Cc1ccc(S(=O)(=O)N(C)Cc2ccco2)c(Cl)c1. The Hall–Kier alpha value is -1.30. The van der Waals surface area contributed by atoms with Crippen LogP contribution in [0.2, 0.25) is 5.02 Å². The minimum absolute atomic E-state index is 0.105. The van der Waals surface area contributed by atoms with Crippen molar-refractivity contribution in [3.63, 3.8) is 0 Å². The third-order valence-electron chi connectivity index (χ3n) is 2.73. The summed E-state index contributed by atoms with van der Waals surface area (Å²) in [5.41, 5.74) is 0.914. The van der Waals surface area contributed by atoms with Gasteiger partial charge in [-0.3, -0.25) is 0 Å². The lowest BCUT2D eigenvalue weighted by Crippen LogP contribution is -2.26. The lowest BCUT2D eigenvalue weighted by atomic mass is 10.2. The Labute approximate surface area is 117 Å². The van der Waals surface area contributed by atoms with E-state index in [2.05, 4.69) is 0 Å². The summed E-state index contributed by atoms with van der Waals surface area (Å²) in [5.74, 6) is 0.578. The molecular formula is C13H14ClNO3S. The summed E-state index contributed by atoms with van der Waals surface area (Å²) in [6, 6.07) is 8.32. The Morgan fingerprint density at radius 3 is 2.63 bits per heavy atom. The topological polar surface area (TPSA) is 50.5 Å². The molecule has 0 aliphatic rings. The molecule has 2 aromatic rings. The van der Waals surface area contributed by atoms with Crippen molar-refractivity contribution in [1.82, 2.24) is 4.31 Å². The van der Waals surface area contributed by atoms with Gasteiger partial charge < -0.3 is 4.42 Å². The van der Waals surface area contributed by atoms with Gasteiger partial charge in [0.2, 0.25) is 10.0 Å². The number of nitrogens with zero attached hydrogens (tertiary/aromatic N) is 1. The second-order valence-corrected chi connectivity index (χ2v) is 6.69. The van der Waals surface area contributed by atoms with Crippen LogP contribution in [-0.4, -0.2) is 19.8 Å². The first-order valence-corrected chi connectivity index (χ1v) is 7.48. The van der Waals surface area contributed by atoms with Crippen LogP contribution in [0, 0.1) is 6.92 Å². The molecule has 2 rings (SSSR count). The summed E-state index contributed by atoms with van der Waals surface area (Å²) < 4.78 is 31.1. The zero-order valence-electron chi connectivity index (χ0n) is 10.6. The smallest absolute Gasteiger partial charge is 0.244 e. The minimum atomic E-state index is -3.62. The molecule has 6 heteroatoms. The van der Waals surface area contributed by atoms with Gasteiger partial charge in [0.1, 0.15) is 10.7 Å². The zero-order chi connectivity index (χ0) is 14.0. The highest BCUT2D eigenvalue weighted by atomic mass is 35.5. The maximum Gasteiger partial charge on any atom is 0.244 e. The van der Waals surface area contributed by atoms with Crippen molar-refractivity contribution in [2.24, 2.45) is 0 Å². The van der Waals surface area contributed by atoms with E-state index in [0.29, 0.717) is 5.76 Å². The fourth-order valence-electron chi connectivity index (χ4n) is 1.69. The van der Waals surface area contributed by atoms with E-state index in [1.165, 1.54) is 23.7 Å². The van der Waals surface area contributed by atoms with E-state index in [1.807, 2.05) is 6.92 Å². The Balaban J connectivity index is 2.31. The van der Waals surface area contributed by atoms with Crippen LogP contribution in [0.25, 0.3) is 0 Å². The third-order valence-corrected chi connectivity index (χ3v) is 5.02. The maximum absolute atomic E-state index is 12.4. The molecule has 0 amide bonds. The van der Waals surface area contributed by atoms with Gasteiger partial charge in [-0.1, -0.05) is 17.7 Å². The van der Waals surface area contributed by atoms with Crippen LogP contribution in [0.4, 0.5) is 0 Å². The molecule has 0 atom stereocenters. The molecule has 0 fully saturated rings. The first-order chi connectivity index (χ1) is 8.91. The fraction of sp³-hybridized carbons (Fsp3) is 0.231. The molecule has 102 valence electrons. The molecule has 4 nitrogen and oxygen atoms in total. The summed E-state index contributed by atoms with van der Waals surface area (Å²) in [5, 5.41) is 0.228. The number of sulfonamides is 1. The molecule has 19 heavy (non-hydrogen) atoms. The largest absolute Gasteiger partial charge is 0.468 e. The van der Waals surface area contributed by atoms with Gasteiger partial charge in [-0.05, 0) is 36.8 Å². The standard InChI is InChI=1S/C13H14ClNO3S/c1-10-5-6-13(12(14)8-10)19(16,17)15(2)9-11-4-3-7-18-11/h3-8H,9H2,1-2H3. The van der Waals surface area contributed by atoms with E-state index in [-0.39, 0.29) is 16.5 Å². The summed E-state index contributed by atoms with van der Waals surface area (Å²) >= 11 is 6.01. The summed E-state index contributed by atoms with van der Waals surface area (Å²) in [7, 11) is -2.13. The normalized spacial score (nSPS) is 12.0. The van der Waals surface area contributed by atoms with Gasteiger partial charge in [-0.15, -0.1) is 0 Å². The first kappa shape index (κ1) is 14.1. The van der Waals surface area contributed by atoms with Crippen LogP contribution >= 0.6 is 11.6 Å². The van der Waals surface area contributed by atoms with Crippen LogP contribution in [0.1, 0.15) is 11.3 Å². The monoisotopic (exact) mass is 299 g/mol. The van der Waals surface area contributed by atoms with Crippen molar-refractivity contribution < 1.29 is 12.8 Å². The van der Waals surface area contributed by atoms with Crippen molar-refractivity contribution in [2.75, 3.05) is 7.05 Å². The van der Waals surface area contributed by atoms with Gasteiger partial charge in [-0.2, -0.15) is 4.31 Å². The van der Waals surface area contributed by atoms with Crippen molar-refractivity contribution in [2.45, 2.75) is 18.4 Å². The van der Waals surface area contributed by atoms with Crippen LogP contribution in [0.5, 0.6) is 0 Å². The van der Waals surface area contributed by atoms with Crippen molar-refractivity contribution in [3.05, 3.63) is 52.9 Å². The summed E-state index contributed by atoms with van der Waals surface area (Å²) in [6.07, 6.45) is 1.51. The van der Waals surface area contributed by atoms with Gasteiger partial charge >= 0.3 is 0 Å².